The van der Waals surface area contributed by atoms with Gasteiger partial charge < -0.3 is 20.3 Å². The number of aromatic nitrogens is 3. The first-order chi connectivity index (χ1) is 19.9. The first-order valence-corrected chi connectivity index (χ1v) is 16.9. The summed E-state index contributed by atoms with van der Waals surface area (Å²) >= 11 is 0. The van der Waals surface area contributed by atoms with Crippen molar-refractivity contribution < 1.29 is 32.7 Å². The molecule has 2 heterocycles. The number of aliphatic hydroxyl groups excluding tert-OH is 1. The highest BCUT2D eigenvalue weighted by Crippen LogP contribution is 2.49. The molecule has 12 nitrogen and oxygen atoms in total. The first-order valence-electron chi connectivity index (χ1n) is 15.4. The van der Waals surface area contributed by atoms with Crippen molar-refractivity contribution in [1.82, 2.24) is 14.5 Å². The lowest BCUT2D eigenvalue weighted by Crippen LogP contribution is -2.29. The lowest BCUT2D eigenvalue weighted by atomic mass is 10.0. The number of nitrogens with two attached hydrogens (primary N) is 1. The minimum Gasteiger partial charge on any atom is -0.390 e. The predicted octanol–water partition coefficient (Wildman–Crippen LogP) is 5.54. The highest BCUT2D eigenvalue weighted by Gasteiger charge is 2.38. The molecule has 3 N–H and O–H groups in total. The molecule has 0 saturated carbocycles. The number of unbranched alkanes of at least 4 members (excludes halogenated alkanes) is 13. The van der Waals surface area contributed by atoms with Crippen LogP contribution in [-0.2, 0) is 27.6 Å². The van der Waals surface area contributed by atoms with E-state index < -0.39 is 31.9 Å². The number of phosphoric ester groups is 1. The predicted molar refractivity (Wildman–Crippen MR) is 158 cm³/mol. The highest BCUT2D eigenvalue weighted by atomic mass is 31.2. The summed E-state index contributed by atoms with van der Waals surface area (Å²) in [7, 11) is -2.61. The average molecular weight is 605 g/mol. The SMILES string of the molecule is CCCCCCCCCCCCCCCCOCCCOP(=O)(OC)OC[C@H]1O[C@@H](n2cnc(N)nc2=O)CC1O. The van der Waals surface area contributed by atoms with Crippen LogP contribution in [0.4, 0.5) is 5.95 Å². The van der Waals surface area contributed by atoms with Gasteiger partial charge in [-0.1, -0.05) is 90.4 Å². The number of rotatable bonds is 25. The van der Waals surface area contributed by atoms with E-state index in [1.807, 2.05) is 0 Å². The van der Waals surface area contributed by atoms with Crippen molar-refractivity contribution in [2.24, 2.45) is 0 Å². The Morgan fingerprint density at radius 2 is 1.54 bits per heavy atom. The maximum atomic E-state index is 12.7. The minimum absolute atomic E-state index is 0.107. The molecule has 2 unspecified atom stereocenters. The second-order valence-corrected chi connectivity index (χ2v) is 12.4. The van der Waals surface area contributed by atoms with Crippen molar-refractivity contribution in [3.63, 3.8) is 0 Å². The molecule has 0 radical (unpaired) electrons. The van der Waals surface area contributed by atoms with Crippen LogP contribution in [0.1, 0.15) is 116 Å². The fourth-order valence-corrected chi connectivity index (χ4v) is 5.70. The van der Waals surface area contributed by atoms with E-state index in [-0.39, 0.29) is 25.6 Å². The van der Waals surface area contributed by atoms with E-state index in [4.69, 9.17) is 28.8 Å². The Labute approximate surface area is 245 Å². The molecule has 1 aromatic heterocycles. The van der Waals surface area contributed by atoms with Crippen LogP contribution in [0.5, 0.6) is 0 Å². The fourth-order valence-electron chi connectivity index (χ4n) is 4.73. The van der Waals surface area contributed by atoms with E-state index >= 15 is 0 Å². The molecular formula is C28H53N4O8P. The van der Waals surface area contributed by atoms with Crippen LogP contribution in [0.2, 0.25) is 0 Å². The minimum atomic E-state index is -3.84. The summed E-state index contributed by atoms with van der Waals surface area (Å²) in [5, 5.41) is 10.3. The third-order valence-electron chi connectivity index (χ3n) is 7.21. The lowest BCUT2D eigenvalue weighted by molar-refractivity contribution is -0.0478. The third-order valence-corrected chi connectivity index (χ3v) is 8.62. The van der Waals surface area contributed by atoms with E-state index in [1.165, 1.54) is 96.9 Å². The molecule has 0 aliphatic carbocycles. The Balaban J connectivity index is 1.45. The average Bonchev–Trinajstić information content (AvgIpc) is 3.33. The normalized spacial score (nSPS) is 20.4. The molecule has 238 valence electrons. The van der Waals surface area contributed by atoms with E-state index in [0.29, 0.717) is 19.6 Å². The van der Waals surface area contributed by atoms with Crippen molar-refractivity contribution in [3.8, 4) is 0 Å². The van der Waals surface area contributed by atoms with Crippen molar-refractivity contribution in [3.05, 3.63) is 16.8 Å². The van der Waals surface area contributed by atoms with Gasteiger partial charge in [-0.05, 0) is 12.8 Å². The van der Waals surface area contributed by atoms with Crippen LogP contribution in [0.15, 0.2) is 11.1 Å². The molecule has 1 aliphatic rings. The van der Waals surface area contributed by atoms with Gasteiger partial charge in [-0.25, -0.2) is 14.3 Å². The molecule has 0 amide bonds. The van der Waals surface area contributed by atoms with Gasteiger partial charge in [-0.15, -0.1) is 0 Å². The monoisotopic (exact) mass is 604 g/mol. The number of hydrogen-bond donors (Lipinski definition) is 2. The van der Waals surface area contributed by atoms with Gasteiger partial charge in [0.2, 0.25) is 5.95 Å². The molecule has 1 aromatic rings. The van der Waals surface area contributed by atoms with Crippen LogP contribution in [0.3, 0.4) is 0 Å². The summed E-state index contributed by atoms with van der Waals surface area (Å²) in [6.45, 7) is 3.35. The Hall–Kier alpha value is -1.40. The largest absolute Gasteiger partial charge is 0.474 e. The number of anilines is 1. The number of hydrogen-bond acceptors (Lipinski definition) is 11. The maximum Gasteiger partial charge on any atom is 0.474 e. The van der Waals surface area contributed by atoms with E-state index in [0.717, 1.165) is 11.0 Å². The Kier molecular flexibility index (Phi) is 18.6. The number of aliphatic hydroxyl groups is 1. The van der Waals surface area contributed by atoms with Gasteiger partial charge in [-0.3, -0.25) is 18.1 Å². The van der Waals surface area contributed by atoms with Gasteiger partial charge in [0.05, 0.1) is 19.3 Å². The van der Waals surface area contributed by atoms with Crippen molar-refractivity contribution in [2.45, 2.75) is 128 Å². The van der Waals surface area contributed by atoms with Crippen LogP contribution in [-0.4, -0.2) is 65.4 Å². The van der Waals surface area contributed by atoms with Crippen molar-refractivity contribution in [2.75, 3.05) is 39.3 Å². The number of nitrogen functional groups attached to an aromatic ring is 1. The quantitative estimate of drug-likeness (QED) is 0.107. The van der Waals surface area contributed by atoms with Gasteiger partial charge in [0, 0.05) is 26.7 Å². The van der Waals surface area contributed by atoms with Gasteiger partial charge in [0.25, 0.3) is 0 Å². The molecule has 41 heavy (non-hydrogen) atoms. The zero-order valence-electron chi connectivity index (χ0n) is 25.1. The molecule has 0 bridgehead atoms. The van der Waals surface area contributed by atoms with Crippen molar-refractivity contribution in [1.29, 1.82) is 0 Å². The Morgan fingerprint density at radius 1 is 0.951 bits per heavy atom. The summed E-state index contributed by atoms with van der Waals surface area (Å²) in [5.41, 5.74) is 4.76. The summed E-state index contributed by atoms with van der Waals surface area (Å²) in [6, 6.07) is 0. The second-order valence-electron chi connectivity index (χ2n) is 10.7. The lowest BCUT2D eigenvalue weighted by Gasteiger charge is -2.20. The second kappa shape index (κ2) is 21.3. The van der Waals surface area contributed by atoms with Crippen LogP contribution in [0.25, 0.3) is 0 Å². The molecule has 0 spiro atoms. The van der Waals surface area contributed by atoms with Gasteiger partial charge in [0.1, 0.15) is 18.7 Å². The van der Waals surface area contributed by atoms with Crippen LogP contribution >= 0.6 is 7.82 Å². The van der Waals surface area contributed by atoms with Gasteiger partial charge in [-0.2, -0.15) is 4.98 Å². The number of ether oxygens (including phenoxy) is 2. The zero-order valence-corrected chi connectivity index (χ0v) is 26.0. The molecule has 1 aliphatic heterocycles. The van der Waals surface area contributed by atoms with Crippen LogP contribution in [0, 0.1) is 0 Å². The summed E-state index contributed by atoms with van der Waals surface area (Å²) < 4.78 is 40.9. The molecule has 4 atom stereocenters. The zero-order chi connectivity index (χ0) is 29.8. The molecular weight excluding hydrogens is 551 g/mol. The topological polar surface area (TPSA) is 157 Å². The third kappa shape index (κ3) is 15.1. The first kappa shape index (κ1) is 35.8. The molecule has 1 saturated heterocycles. The van der Waals surface area contributed by atoms with Crippen molar-refractivity contribution >= 4 is 13.8 Å². The van der Waals surface area contributed by atoms with E-state index in [1.54, 1.807) is 0 Å². The molecule has 1 fully saturated rings. The van der Waals surface area contributed by atoms with E-state index in [2.05, 4.69) is 16.9 Å². The standard InChI is InChI=1S/C28H53N4O8P/c1-3-4-5-6-7-8-9-10-11-12-13-14-15-16-18-37-19-17-20-38-41(35,36-2)39-22-25-24(33)21-26(40-25)32-23-30-27(29)31-28(32)34/h23-26,33H,3-22H2,1-2H3,(H2,29,31,34)/t24?,25-,26-,41?/m1/s1. The molecule has 13 heteroatoms. The van der Waals surface area contributed by atoms with Crippen LogP contribution < -0.4 is 11.4 Å². The number of phosphoric acid groups is 1. The van der Waals surface area contributed by atoms with E-state index in [9.17, 15) is 14.5 Å². The number of nitrogens with zero attached hydrogens (tertiary/aromatic N) is 3. The smallest absolute Gasteiger partial charge is 0.390 e. The van der Waals surface area contributed by atoms with Gasteiger partial charge >= 0.3 is 13.5 Å². The summed E-state index contributed by atoms with van der Waals surface area (Å²) in [6.07, 6.45) is 17.8. The summed E-state index contributed by atoms with van der Waals surface area (Å²) in [4.78, 5) is 19.3. The highest BCUT2D eigenvalue weighted by molar-refractivity contribution is 7.48. The molecule has 0 aromatic carbocycles. The summed E-state index contributed by atoms with van der Waals surface area (Å²) in [5.74, 6) is -0.150. The Bertz CT molecular complexity index is 921. The molecule has 2 rings (SSSR count). The fraction of sp³-hybridized carbons (Fsp3) is 0.893. The maximum absolute atomic E-state index is 12.7. The Morgan fingerprint density at radius 3 is 2.12 bits per heavy atom. The van der Waals surface area contributed by atoms with Gasteiger partial charge in [0.15, 0.2) is 0 Å².